The smallest absolute Gasteiger partial charge is 0.207 e. The Morgan fingerprint density at radius 1 is 1.00 bits per heavy atom. The Morgan fingerprint density at radius 3 is 2.14 bits per heavy atom. The quantitative estimate of drug-likeness (QED) is 0.404. The third-order valence-electron chi connectivity index (χ3n) is 4.72. The number of hydrogen-bond acceptors (Lipinski definition) is 3. The van der Waals surface area contributed by atoms with Gasteiger partial charge < -0.3 is 0 Å². The van der Waals surface area contributed by atoms with Gasteiger partial charge in [0.25, 0.3) is 0 Å². The van der Waals surface area contributed by atoms with Gasteiger partial charge in [-0.1, -0.05) is 25.3 Å². The Kier molecular flexibility index (Phi) is 5.29. The van der Waals surface area contributed by atoms with Gasteiger partial charge in [-0.05, 0) is 42.5 Å². The van der Waals surface area contributed by atoms with Gasteiger partial charge in [-0.15, -0.1) is 0 Å². The molecule has 2 aliphatic rings. The predicted octanol–water partition coefficient (Wildman–Crippen LogP) is 6.23. The van der Waals surface area contributed by atoms with E-state index in [1.807, 2.05) is 0 Å². The fraction of sp³-hybridized carbons (Fsp3) is 0.500. The third kappa shape index (κ3) is 3.43. The summed E-state index contributed by atoms with van der Waals surface area (Å²) in [5.74, 6) is -1.93. The second-order valence-corrected chi connectivity index (χ2v) is 10.9. The molecule has 1 aliphatic heterocycles. The van der Waals surface area contributed by atoms with Gasteiger partial charge in [-0.2, -0.15) is 38.4 Å². The van der Waals surface area contributed by atoms with Gasteiger partial charge in [0.2, 0.25) is 0 Å². The van der Waals surface area contributed by atoms with Crippen molar-refractivity contribution in [2.45, 2.75) is 48.0 Å². The summed E-state index contributed by atoms with van der Waals surface area (Å²) in [5, 5.41) is 0. The van der Waals surface area contributed by atoms with Crippen molar-refractivity contribution >= 4 is 26.5 Å². The summed E-state index contributed by atoms with van der Waals surface area (Å²) in [6.45, 7) is 0. The van der Waals surface area contributed by atoms with Crippen LogP contribution in [0.3, 0.4) is 0 Å². The molecule has 0 amide bonds. The molecule has 1 fully saturated rings. The Bertz CT molecular complexity index is 900. The van der Waals surface area contributed by atoms with Crippen molar-refractivity contribution in [2.24, 2.45) is 5.92 Å². The minimum atomic E-state index is -6.60. The van der Waals surface area contributed by atoms with Gasteiger partial charge in [0.15, 0.2) is 0 Å². The van der Waals surface area contributed by atoms with E-state index in [1.165, 1.54) is 0 Å². The van der Waals surface area contributed by atoms with Crippen molar-refractivity contribution in [1.82, 2.24) is 0 Å². The minimum Gasteiger partial charge on any atom is -0.207 e. The van der Waals surface area contributed by atoms with Crippen LogP contribution < -0.4 is 0 Å². The molecule has 158 valence electrons. The van der Waals surface area contributed by atoms with Gasteiger partial charge in [0.1, 0.15) is 5.82 Å². The predicted molar refractivity (Wildman–Crippen MR) is 88.9 cm³/mol. The fourth-order valence-corrected chi connectivity index (χ4v) is 8.33. The first-order valence-corrected chi connectivity index (χ1v) is 11.2. The molecule has 1 saturated carbocycles. The Morgan fingerprint density at radius 2 is 1.61 bits per heavy atom. The molecular weight excluding hydrogens is 437 g/mol. The van der Waals surface area contributed by atoms with Crippen LogP contribution in [0.2, 0.25) is 0 Å². The molecular formula is C16H15F7O3S2. The lowest BCUT2D eigenvalue weighted by Crippen LogP contribution is -2.34. The SMILES string of the molecule is O=S(=O)(OS1(C(F)(F)F)C(C2CCCCC2)=Cc2ccc(F)cc21)C(F)(F)F. The van der Waals surface area contributed by atoms with Crippen molar-refractivity contribution in [2.75, 3.05) is 0 Å². The van der Waals surface area contributed by atoms with E-state index in [1.54, 1.807) is 0 Å². The van der Waals surface area contributed by atoms with E-state index in [4.69, 9.17) is 0 Å². The third-order valence-corrected chi connectivity index (χ3v) is 9.56. The Labute approximate surface area is 158 Å². The fourth-order valence-electron chi connectivity index (χ4n) is 3.53. The monoisotopic (exact) mass is 452 g/mol. The second kappa shape index (κ2) is 6.91. The molecule has 12 heteroatoms. The molecule has 1 heterocycles. The van der Waals surface area contributed by atoms with Crippen molar-refractivity contribution in [1.29, 1.82) is 0 Å². The zero-order valence-electron chi connectivity index (χ0n) is 14.1. The van der Waals surface area contributed by atoms with Crippen LogP contribution in [0.25, 0.3) is 6.08 Å². The molecule has 3 rings (SSSR count). The number of rotatable bonds is 3. The van der Waals surface area contributed by atoms with Crippen LogP contribution in [0.5, 0.6) is 0 Å². The molecule has 1 aliphatic carbocycles. The lowest BCUT2D eigenvalue weighted by molar-refractivity contribution is -0.0547. The largest absolute Gasteiger partial charge is 0.523 e. The van der Waals surface area contributed by atoms with Crippen molar-refractivity contribution in [3.05, 3.63) is 34.5 Å². The standard InChI is InChI=1S/C16H15F7O3S2/c17-12-7-6-11-8-13(10-4-2-1-3-5-10)27(14(11)9-12,15(18,19)20)26-28(24,25)16(21,22)23/h6-10H,1-5H2. The van der Waals surface area contributed by atoms with Crippen molar-refractivity contribution in [3.63, 3.8) is 0 Å². The van der Waals surface area contributed by atoms with E-state index in [2.05, 4.69) is 3.63 Å². The molecule has 1 aromatic rings. The maximum atomic E-state index is 14.3. The molecule has 3 nitrogen and oxygen atoms in total. The summed E-state index contributed by atoms with van der Waals surface area (Å²) in [5.41, 5.74) is -11.7. The molecule has 1 aromatic carbocycles. The van der Waals surface area contributed by atoms with Crippen molar-refractivity contribution < 1.29 is 42.8 Å². The molecule has 1 unspecified atom stereocenters. The Balaban J connectivity index is 2.27. The number of halogens is 7. The number of benzene rings is 1. The first-order chi connectivity index (χ1) is 12.8. The molecule has 0 radical (unpaired) electrons. The molecule has 28 heavy (non-hydrogen) atoms. The van der Waals surface area contributed by atoms with E-state index in [0.717, 1.165) is 24.6 Å². The number of allylic oxidation sites excluding steroid dienone is 1. The lowest BCUT2D eigenvalue weighted by atomic mass is 9.88. The highest BCUT2D eigenvalue weighted by atomic mass is 32.3. The maximum absolute atomic E-state index is 14.3. The lowest BCUT2D eigenvalue weighted by Gasteiger charge is -2.42. The van der Waals surface area contributed by atoms with E-state index in [0.29, 0.717) is 18.9 Å². The van der Waals surface area contributed by atoms with Crippen LogP contribution in [0, 0.1) is 11.7 Å². The van der Waals surface area contributed by atoms with Gasteiger partial charge in [0.05, 0.1) is 0 Å². The molecule has 1 atom stereocenters. The number of fused-ring (bicyclic) bond motifs is 1. The zero-order chi connectivity index (χ0) is 21.0. The maximum Gasteiger partial charge on any atom is 0.523 e. The molecule has 0 N–H and O–H groups in total. The van der Waals surface area contributed by atoms with Crippen LogP contribution in [0.1, 0.15) is 37.7 Å². The van der Waals surface area contributed by atoms with Gasteiger partial charge in [-0.3, -0.25) is 0 Å². The van der Waals surface area contributed by atoms with Gasteiger partial charge >= 0.3 is 21.1 Å². The molecule has 0 spiro atoms. The van der Waals surface area contributed by atoms with Crippen LogP contribution in [0.15, 0.2) is 28.0 Å². The molecule has 0 bridgehead atoms. The number of alkyl halides is 6. The average Bonchev–Trinajstić information content (AvgIpc) is 2.89. The number of hydrogen-bond donors (Lipinski definition) is 0. The minimum absolute atomic E-state index is 0.188. The second-order valence-electron chi connectivity index (χ2n) is 6.53. The summed E-state index contributed by atoms with van der Waals surface area (Å²) in [4.78, 5) is -1.46. The highest BCUT2D eigenvalue weighted by Gasteiger charge is 2.65. The van der Waals surface area contributed by atoms with Gasteiger partial charge in [-0.25, -0.2) is 4.39 Å². The van der Waals surface area contributed by atoms with E-state index in [9.17, 15) is 39.2 Å². The topological polar surface area (TPSA) is 43.4 Å². The van der Waals surface area contributed by atoms with Crippen LogP contribution in [-0.4, -0.2) is 19.4 Å². The first kappa shape index (κ1) is 21.4. The van der Waals surface area contributed by atoms with E-state index < -0.39 is 53.0 Å². The van der Waals surface area contributed by atoms with Crippen LogP contribution >= 0.6 is 10.3 Å². The zero-order valence-corrected chi connectivity index (χ0v) is 15.7. The summed E-state index contributed by atoms with van der Waals surface area (Å²) in [6, 6.07) is 2.26. The van der Waals surface area contributed by atoms with Crippen LogP contribution in [-0.2, 0) is 13.7 Å². The van der Waals surface area contributed by atoms with Crippen molar-refractivity contribution in [3.8, 4) is 0 Å². The highest BCUT2D eigenvalue weighted by molar-refractivity contribution is 8.37. The van der Waals surface area contributed by atoms with Crippen LogP contribution in [0.4, 0.5) is 30.7 Å². The first-order valence-electron chi connectivity index (χ1n) is 8.23. The molecule has 0 saturated heterocycles. The summed E-state index contributed by atoms with van der Waals surface area (Å²) in [7, 11) is -11.7. The molecule has 0 aromatic heterocycles. The average molecular weight is 452 g/mol. The summed E-state index contributed by atoms with van der Waals surface area (Å²) < 4.78 is 123. The summed E-state index contributed by atoms with van der Waals surface area (Å²) in [6.07, 6.45) is 3.37. The van der Waals surface area contributed by atoms with E-state index in [-0.39, 0.29) is 18.4 Å². The summed E-state index contributed by atoms with van der Waals surface area (Å²) >= 11 is 0. The van der Waals surface area contributed by atoms with E-state index >= 15 is 0 Å². The Hall–Kier alpha value is -1.27. The highest BCUT2D eigenvalue weighted by Crippen LogP contribution is 2.80. The van der Waals surface area contributed by atoms with Gasteiger partial charge in [0, 0.05) is 20.1 Å². The normalized spacial score (nSPS) is 26.5.